The van der Waals surface area contributed by atoms with Crippen molar-refractivity contribution in [3.05, 3.63) is 113 Å². The monoisotopic (exact) mass is 758 g/mol. The Morgan fingerprint density at radius 1 is 0.536 bits per heavy atom. The number of aryl methyl sites for hydroxylation is 2. The van der Waals surface area contributed by atoms with E-state index < -0.39 is 11.9 Å². The number of piperidine rings is 2. The number of hydrogen-bond acceptors (Lipinski definition) is 6. The van der Waals surface area contributed by atoms with Crippen LogP contribution >= 0.6 is 0 Å². The number of carboxylic acids is 2. The van der Waals surface area contributed by atoms with Gasteiger partial charge in [-0.2, -0.15) is 0 Å². The molecule has 4 aromatic rings. The van der Waals surface area contributed by atoms with E-state index in [1.54, 1.807) is 56.0 Å². The number of urea groups is 2. The van der Waals surface area contributed by atoms with Crippen LogP contribution in [-0.2, 0) is 0 Å². The first-order chi connectivity index (χ1) is 27.1. The molecule has 4 aliphatic rings. The third kappa shape index (κ3) is 8.35. The number of rotatable bonds is 8. The van der Waals surface area contributed by atoms with Crippen molar-refractivity contribution in [3.63, 3.8) is 0 Å². The van der Waals surface area contributed by atoms with E-state index in [0.29, 0.717) is 37.6 Å². The summed E-state index contributed by atoms with van der Waals surface area (Å²) in [7, 11) is 0. The molecule has 12 nitrogen and oxygen atoms in total. The minimum Gasteiger partial charge on any atom is -0.478 e. The number of anilines is 5. The minimum atomic E-state index is -0.992. The fraction of sp³-hybridized carbons (Fsp3) is 0.364. The van der Waals surface area contributed by atoms with Crippen LogP contribution in [0.15, 0.2) is 91.0 Å². The molecule has 0 bridgehead atoms. The number of carbonyl (C=O) groups is 4. The van der Waals surface area contributed by atoms with Crippen molar-refractivity contribution in [2.45, 2.75) is 52.0 Å². The quantitative estimate of drug-likeness (QED) is 0.187. The zero-order valence-electron chi connectivity index (χ0n) is 32.1. The Kier molecular flexibility index (Phi) is 11.6. The largest absolute Gasteiger partial charge is 0.478 e. The fourth-order valence-corrected chi connectivity index (χ4v) is 8.20. The molecule has 292 valence electrons. The summed E-state index contributed by atoms with van der Waals surface area (Å²) in [6, 6.07) is 28.0. The molecule has 12 heteroatoms. The maximum Gasteiger partial charge on any atom is 0.335 e. The van der Waals surface area contributed by atoms with Gasteiger partial charge in [-0.05, 0) is 125 Å². The van der Waals surface area contributed by atoms with Gasteiger partial charge in [0.2, 0.25) is 0 Å². The average Bonchev–Trinajstić information content (AvgIpc) is 3.80. The van der Waals surface area contributed by atoms with Gasteiger partial charge in [0.15, 0.2) is 0 Å². The van der Waals surface area contributed by atoms with Gasteiger partial charge in [-0.25, -0.2) is 19.2 Å². The van der Waals surface area contributed by atoms with Crippen LogP contribution in [0, 0.1) is 13.8 Å². The maximum atomic E-state index is 13.0. The zero-order chi connectivity index (χ0) is 39.3. The molecule has 4 fully saturated rings. The smallest absolute Gasteiger partial charge is 0.335 e. The second kappa shape index (κ2) is 16.9. The number of hydrogen-bond donors (Lipinski definition) is 2. The molecule has 4 saturated heterocycles. The summed E-state index contributed by atoms with van der Waals surface area (Å²) in [6.07, 6.45) is 6.51. The van der Waals surface area contributed by atoms with Gasteiger partial charge in [0, 0.05) is 73.7 Å². The third-order valence-electron chi connectivity index (χ3n) is 11.4. The Hall–Kier alpha value is -5.88. The molecule has 0 radical (unpaired) electrons. The van der Waals surface area contributed by atoms with Crippen LogP contribution < -0.4 is 24.5 Å². The van der Waals surface area contributed by atoms with Crippen molar-refractivity contribution in [2.75, 3.05) is 76.9 Å². The number of likely N-dealkylation sites (tertiary alicyclic amines) is 1. The summed E-state index contributed by atoms with van der Waals surface area (Å²) in [6.45, 7) is 10.8. The zero-order valence-corrected chi connectivity index (χ0v) is 32.1. The normalized spacial score (nSPS) is 18.0. The predicted molar refractivity (Wildman–Crippen MR) is 220 cm³/mol. The van der Waals surface area contributed by atoms with Crippen molar-refractivity contribution >= 4 is 52.4 Å². The molecule has 2 N–H and O–H groups in total. The highest BCUT2D eigenvalue weighted by atomic mass is 16.4. The van der Waals surface area contributed by atoms with Gasteiger partial charge in [0.05, 0.1) is 11.1 Å². The molecule has 4 aliphatic heterocycles. The first-order valence-electron chi connectivity index (χ1n) is 19.6. The summed E-state index contributed by atoms with van der Waals surface area (Å²) < 4.78 is 0. The Labute approximate surface area is 328 Å². The Morgan fingerprint density at radius 3 is 1.66 bits per heavy atom. The second-order valence-corrected chi connectivity index (χ2v) is 15.0. The standard InChI is InChI=1S/C26H32N4O3.C18H18N2O3/c31-25(32)20-5-4-6-24(19-20)30-18-17-29(26(30)33)23-9-7-21(8-10-23)28-15-11-22(12-16-28)27-13-2-1-3-14-27;1-12-3-7-15(8-4-12)19-9-10-20(18(19)23)16-11-14(17(21)22)6-5-13(16)2/h4-10,19,22H,1-3,11-18H2,(H,31,32);3-8,11H,9-10H2,1-2H3,(H,21,22). The average molecular weight is 759 g/mol. The lowest BCUT2D eigenvalue weighted by molar-refractivity contribution is 0.0686. The fourth-order valence-electron chi connectivity index (χ4n) is 8.20. The van der Waals surface area contributed by atoms with Crippen LogP contribution in [0.25, 0.3) is 0 Å². The lowest BCUT2D eigenvalue weighted by Crippen LogP contribution is -2.46. The van der Waals surface area contributed by atoms with Crippen molar-refractivity contribution in [3.8, 4) is 0 Å². The molecule has 0 aromatic heterocycles. The van der Waals surface area contributed by atoms with E-state index in [2.05, 4.69) is 21.9 Å². The van der Waals surface area contributed by atoms with Crippen molar-refractivity contribution in [2.24, 2.45) is 0 Å². The highest BCUT2D eigenvalue weighted by molar-refractivity contribution is 6.08. The van der Waals surface area contributed by atoms with E-state index >= 15 is 0 Å². The van der Waals surface area contributed by atoms with Gasteiger partial charge >= 0.3 is 24.0 Å². The van der Waals surface area contributed by atoms with Crippen molar-refractivity contribution in [1.82, 2.24) is 4.90 Å². The number of aromatic carboxylic acids is 2. The number of amides is 4. The summed E-state index contributed by atoms with van der Waals surface area (Å²) >= 11 is 0. The molecule has 0 saturated carbocycles. The molecule has 0 spiro atoms. The molecule has 8 rings (SSSR count). The molecule has 0 unspecified atom stereocenters. The van der Waals surface area contributed by atoms with Crippen LogP contribution in [0.1, 0.15) is 63.9 Å². The first-order valence-corrected chi connectivity index (χ1v) is 19.6. The van der Waals surface area contributed by atoms with Crippen LogP contribution in [0.2, 0.25) is 0 Å². The number of carboxylic acid groups (broad SMARTS) is 2. The van der Waals surface area contributed by atoms with Gasteiger partial charge in [-0.3, -0.25) is 19.6 Å². The van der Waals surface area contributed by atoms with E-state index in [1.807, 2.05) is 50.2 Å². The van der Waals surface area contributed by atoms with E-state index in [0.717, 1.165) is 41.6 Å². The van der Waals surface area contributed by atoms with Crippen molar-refractivity contribution < 1.29 is 29.4 Å². The number of carbonyl (C=O) groups excluding carboxylic acids is 2. The van der Waals surface area contributed by atoms with E-state index in [9.17, 15) is 24.3 Å². The van der Waals surface area contributed by atoms with Gasteiger partial charge in [0.25, 0.3) is 0 Å². The molecule has 0 aliphatic carbocycles. The van der Waals surface area contributed by atoms with E-state index in [-0.39, 0.29) is 23.2 Å². The van der Waals surface area contributed by atoms with Gasteiger partial charge < -0.3 is 20.0 Å². The van der Waals surface area contributed by atoms with Gasteiger partial charge in [0.1, 0.15) is 0 Å². The molecule has 56 heavy (non-hydrogen) atoms. The van der Waals surface area contributed by atoms with Crippen molar-refractivity contribution in [1.29, 1.82) is 0 Å². The summed E-state index contributed by atoms with van der Waals surface area (Å²) in [5, 5.41) is 18.4. The lowest BCUT2D eigenvalue weighted by Gasteiger charge is -2.41. The SMILES string of the molecule is Cc1ccc(N2CCN(c3cc(C(=O)O)ccc3C)C2=O)cc1.O=C(O)c1cccc(N2CCN(c3ccc(N4CCC(N5CCCCC5)CC4)cc3)C2=O)c1. The van der Waals surface area contributed by atoms with E-state index in [4.69, 9.17) is 5.11 Å². The van der Waals surface area contributed by atoms with Crippen LogP contribution in [0.4, 0.5) is 38.0 Å². The molecule has 4 amide bonds. The molecular formula is C44H50N6O6. The lowest BCUT2D eigenvalue weighted by atomic mass is 9.99. The third-order valence-corrected chi connectivity index (χ3v) is 11.4. The molecule has 0 atom stereocenters. The molecular weight excluding hydrogens is 709 g/mol. The number of benzene rings is 4. The topological polar surface area (TPSA) is 128 Å². The molecule has 4 heterocycles. The second-order valence-electron chi connectivity index (χ2n) is 15.0. The van der Waals surface area contributed by atoms with E-state index in [1.165, 1.54) is 56.9 Å². The van der Waals surface area contributed by atoms with Crippen LogP contribution in [0.3, 0.4) is 0 Å². The summed E-state index contributed by atoms with van der Waals surface area (Å²) in [5.74, 6) is -1.98. The Balaban J connectivity index is 0.000000183. The summed E-state index contributed by atoms with van der Waals surface area (Å²) in [4.78, 5) is 60.1. The highest BCUT2D eigenvalue weighted by Crippen LogP contribution is 2.31. The molecule has 4 aromatic carbocycles. The predicted octanol–water partition coefficient (Wildman–Crippen LogP) is 7.73. The van der Waals surface area contributed by atoms with Gasteiger partial charge in [-0.15, -0.1) is 0 Å². The summed E-state index contributed by atoms with van der Waals surface area (Å²) in [5.41, 5.74) is 6.63. The Morgan fingerprint density at radius 2 is 1.05 bits per heavy atom. The van der Waals surface area contributed by atoms with Crippen LogP contribution in [-0.4, -0.2) is 97.5 Å². The van der Waals surface area contributed by atoms with Crippen LogP contribution in [0.5, 0.6) is 0 Å². The Bertz CT molecular complexity index is 2060. The highest BCUT2D eigenvalue weighted by Gasteiger charge is 2.33. The maximum absolute atomic E-state index is 13.0. The number of nitrogens with zero attached hydrogens (tertiary/aromatic N) is 6. The minimum absolute atomic E-state index is 0.118. The first kappa shape index (κ1) is 38.4. The van der Waals surface area contributed by atoms with Gasteiger partial charge in [-0.1, -0.05) is 36.2 Å².